The number of rotatable bonds is 0. The monoisotopic (exact) mass is 196 g/mol. The van der Waals surface area contributed by atoms with Crippen molar-refractivity contribution in [2.45, 2.75) is 51.6 Å². The summed E-state index contributed by atoms with van der Waals surface area (Å²) in [5.74, 6) is 0.914. The molecule has 82 valence electrons. The summed E-state index contributed by atoms with van der Waals surface area (Å²) in [7, 11) is 0. The fourth-order valence-corrected chi connectivity index (χ4v) is 2.85. The van der Waals surface area contributed by atoms with Crippen molar-refractivity contribution in [1.82, 2.24) is 10.2 Å². The van der Waals surface area contributed by atoms with E-state index in [2.05, 4.69) is 31.0 Å². The largest absolute Gasteiger partial charge is 0.314 e. The first-order valence-corrected chi connectivity index (χ1v) is 6.06. The normalized spacial score (nSPS) is 35.4. The Balaban J connectivity index is 1.96. The van der Waals surface area contributed by atoms with E-state index in [4.69, 9.17) is 0 Å². The lowest BCUT2D eigenvalue weighted by Gasteiger charge is -2.47. The number of nitrogens with one attached hydrogen (secondary N) is 1. The third-order valence-electron chi connectivity index (χ3n) is 3.84. The van der Waals surface area contributed by atoms with E-state index >= 15 is 0 Å². The Morgan fingerprint density at radius 1 is 1.21 bits per heavy atom. The van der Waals surface area contributed by atoms with Crippen molar-refractivity contribution >= 4 is 0 Å². The summed E-state index contributed by atoms with van der Waals surface area (Å²) in [5, 5.41) is 3.67. The van der Waals surface area contributed by atoms with Crippen LogP contribution in [0.3, 0.4) is 0 Å². The molecule has 2 fully saturated rings. The van der Waals surface area contributed by atoms with Crippen LogP contribution in [0.1, 0.15) is 40.0 Å². The minimum absolute atomic E-state index is 0.364. The maximum Gasteiger partial charge on any atom is 0.0125 e. The van der Waals surface area contributed by atoms with E-state index in [1.54, 1.807) is 0 Å². The second kappa shape index (κ2) is 3.82. The van der Waals surface area contributed by atoms with Gasteiger partial charge in [-0.05, 0) is 52.5 Å². The van der Waals surface area contributed by atoms with Gasteiger partial charge in [0.15, 0.2) is 0 Å². The molecule has 2 atom stereocenters. The Hall–Kier alpha value is -0.0800. The summed E-state index contributed by atoms with van der Waals surface area (Å²) < 4.78 is 0. The molecule has 14 heavy (non-hydrogen) atoms. The average molecular weight is 196 g/mol. The minimum Gasteiger partial charge on any atom is -0.314 e. The summed E-state index contributed by atoms with van der Waals surface area (Å²) in [6, 6.07) is 0.822. The summed E-state index contributed by atoms with van der Waals surface area (Å²) in [6.07, 6.45) is 4.16. The van der Waals surface area contributed by atoms with Crippen molar-refractivity contribution in [3.05, 3.63) is 0 Å². The number of likely N-dealkylation sites (tertiary alicyclic amines) is 1. The van der Waals surface area contributed by atoms with E-state index in [-0.39, 0.29) is 0 Å². The molecular weight excluding hydrogens is 172 g/mol. The Morgan fingerprint density at radius 3 is 2.71 bits per heavy atom. The predicted molar refractivity (Wildman–Crippen MR) is 60.5 cm³/mol. The highest BCUT2D eigenvalue weighted by atomic mass is 15.2. The van der Waals surface area contributed by atoms with Gasteiger partial charge in [0.2, 0.25) is 0 Å². The fourth-order valence-electron chi connectivity index (χ4n) is 2.85. The first-order valence-electron chi connectivity index (χ1n) is 6.06. The van der Waals surface area contributed by atoms with E-state index in [1.807, 2.05) is 0 Å². The molecule has 0 bridgehead atoms. The van der Waals surface area contributed by atoms with Crippen LogP contribution in [-0.4, -0.2) is 36.1 Å². The Morgan fingerprint density at radius 2 is 2.00 bits per heavy atom. The molecule has 0 aliphatic carbocycles. The lowest BCUT2D eigenvalue weighted by molar-refractivity contribution is 0.0470. The van der Waals surface area contributed by atoms with Crippen molar-refractivity contribution in [2.75, 3.05) is 19.6 Å². The molecule has 2 aliphatic heterocycles. The van der Waals surface area contributed by atoms with Gasteiger partial charge in [0.1, 0.15) is 0 Å². The maximum absolute atomic E-state index is 3.67. The van der Waals surface area contributed by atoms with Crippen molar-refractivity contribution < 1.29 is 0 Å². The molecule has 0 radical (unpaired) electrons. The topological polar surface area (TPSA) is 15.3 Å². The molecule has 0 aromatic carbocycles. The highest BCUT2D eigenvalue weighted by Gasteiger charge is 2.34. The third kappa shape index (κ3) is 2.12. The zero-order valence-electron chi connectivity index (χ0n) is 9.84. The van der Waals surface area contributed by atoms with Gasteiger partial charge in [0.05, 0.1) is 0 Å². The Bertz CT molecular complexity index is 195. The molecule has 0 saturated carbocycles. The van der Waals surface area contributed by atoms with E-state index in [0.29, 0.717) is 5.54 Å². The van der Waals surface area contributed by atoms with Crippen LogP contribution in [0, 0.1) is 5.92 Å². The number of piperidine rings is 2. The fraction of sp³-hybridized carbons (Fsp3) is 1.00. The van der Waals surface area contributed by atoms with Crippen molar-refractivity contribution in [3.8, 4) is 0 Å². The summed E-state index contributed by atoms with van der Waals surface area (Å²) in [5.41, 5.74) is 0.364. The van der Waals surface area contributed by atoms with Gasteiger partial charge < -0.3 is 5.32 Å². The molecule has 2 heterocycles. The van der Waals surface area contributed by atoms with Crippen LogP contribution in [0.25, 0.3) is 0 Å². The van der Waals surface area contributed by atoms with E-state index in [1.165, 1.54) is 38.9 Å². The van der Waals surface area contributed by atoms with Crippen molar-refractivity contribution in [1.29, 1.82) is 0 Å². The van der Waals surface area contributed by atoms with Crippen molar-refractivity contribution in [2.24, 2.45) is 5.92 Å². The summed E-state index contributed by atoms with van der Waals surface area (Å²) >= 11 is 0. The van der Waals surface area contributed by atoms with Crippen LogP contribution in [0.5, 0.6) is 0 Å². The Kier molecular flexibility index (Phi) is 2.85. The second-order valence-electron chi connectivity index (χ2n) is 5.87. The summed E-state index contributed by atoms with van der Waals surface area (Å²) in [6.45, 7) is 10.8. The van der Waals surface area contributed by atoms with Gasteiger partial charge in [0, 0.05) is 24.7 Å². The highest BCUT2D eigenvalue weighted by molar-refractivity contribution is 4.91. The van der Waals surface area contributed by atoms with Gasteiger partial charge in [-0.25, -0.2) is 0 Å². The zero-order valence-corrected chi connectivity index (χ0v) is 9.84. The van der Waals surface area contributed by atoms with E-state index < -0.39 is 0 Å². The molecule has 2 rings (SSSR count). The molecule has 2 heteroatoms. The molecule has 2 aliphatic rings. The molecule has 2 nitrogen and oxygen atoms in total. The van der Waals surface area contributed by atoms with E-state index in [9.17, 15) is 0 Å². The van der Waals surface area contributed by atoms with E-state index in [0.717, 1.165) is 12.0 Å². The molecule has 0 aromatic rings. The third-order valence-corrected chi connectivity index (χ3v) is 3.84. The molecule has 2 unspecified atom stereocenters. The molecule has 0 aromatic heterocycles. The summed E-state index contributed by atoms with van der Waals surface area (Å²) in [4.78, 5) is 2.65. The lowest BCUT2D eigenvalue weighted by Crippen LogP contribution is -2.56. The van der Waals surface area contributed by atoms with Gasteiger partial charge in [0.25, 0.3) is 0 Å². The van der Waals surface area contributed by atoms with Crippen molar-refractivity contribution in [3.63, 3.8) is 0 Å². The van der Waals surface area contributed by atoms with Gasteiger partial charge in [-0.1, -0.05) is 0 Å². The maximum atomic E-state index is 3.67. The molecule has 1 N–H and O–H groups in total. The number of hydrogen-bond acceptors (Lipinski definition) is 2. The highest BCUT2D eigenvalue weighted by Crippen LogP contribution is 2.28. The first kappa shape index (κ1) is 10.4. The molecule has 0 amide bonds. The number of hydrogen-bond donors (Lipinski definition) is 1. The Labute approximate surface area is 88.1 Å². The zero-order chi connectivity index (χ0) is 10.2. The first-order chi connectivity index (χ1) is 6.57. The number of fused-ring (bicyclic) bond motifs is 1. The second-order valence-corrected chi connectivity index (χ2v) is 5.87. The SMILES string of the molecule is CC(C)(C)N1CCC2NCCCC2C1. The van der Waals surface area contributed by atoms with Gasteiger partial charge >= 0.3 is 0 Å². The van der Waals surface area contributed by atoms with Gasteiger partial charge in [-0.15, -0.1) is 0 Å². The predicted octanol–water partition coefficient (Wildman–Crippen LogP) is 1.86. The van der Waals surface area contributed by atoms with Crippen LogP contribution in [0.2, 0.25) is 0 Å². The number of nitrogens with zero attached hydrogens (tertiary/aromatic N) is 1. The average Bonchev–Trinajstić information content (AvgIpc) is 2.16. The minimum atomic E-state index is 0.364. The molecular formula is C12H24N2. The van der Waals surface area contributed by atoms with Crippen LogP contribution in [0.15, 0.2) is 0 Å². The van der Waals surface area contributed by atoms with Gasteiger partial charge in [-0.3, -0.25) is 4.90 Å². The van der Waals surface area contributed by atoms with Crippen LogP contribution in [0.4, 0.5) is 0 Å². The molecule has 2 saturated heterocycles. The van der Waals surface area contributed by atoms with Crippen LogP contribution >= 0.6 is 0 Å². The lowest BCUT2D eigenvalue weighted by atomic mass is 9.84. The van der Waals surface area contributed by atoms with Crippen LogP contribution in [-0.2, 0) is 0 Å². The standard InChI is InChI=1S/C12H24N2/c1-12(2,3)14-8-6-11-10(9-14)5-4-7-13-11/h10-11,13H,4-9H2,1-3H3. The van der Waals surface area contributed by atoms with Crippen LogP contribution < -0.4 is 5.32 Å². The quantitative estimate of drug-likeness (QED) is 0.636. The molecule has 0 spiro atoms. The smallest absolute Gasteiger partial charge is 0.0125 e. The van der Waals surface area contributed by atoms with Gasteiger partial charge in [-0.2, -0.15) is 0 Å².